The van der Waals surface area contributed by atoms with Crippen molar-refractivity contribution in [1.82, 2.24) is 8.87 Å². The molecule has 4 nitrogen and oxygen atoms in total. The lowest BCUT2D eigenvalue weighted by Crippen LogP contribution is -2.39. The number of nitrogens with zero attached hydrogens (tertiary/aromatic N) is 2. The molecule has 2 heterocycles. The number of rotatable bonds is 3. The number of hydrogen-bond donors (Lipinski definition) is 0. The molecule has 0 fully saturated rings. The van der Waals surface area contributed by atoms with Gasteiger partial charge in [-0.05, 0) is 23.9 Å². The van der Waals surface area contributed by atoms with E-state index in [-0.39, 0.29) is 5.75 Å². The molecule has 0 saturated heterocycles. The van der Waals surface area contributed by atoms with Gasteiger partial charge in [-0.25, -0.2) is 8.42 Å². The van der Waals surface area contributed by atoms with Gasteiger partial charge in [-0.2, -0.15) is 4.31 Å². The minimum absolute atomic E-state index is 0.243. The SMILES string of the molecule is CCCS(=O)(=O)N1CCn2c(cc3ccccc32)C1. The first-order valence-electron chi connectivity index (χ1n) is 6.67. The van der Waals surface area contributed by atoms with Gasteiger partial charge in [0.25, 0.3) is 0 Å². The summed E-state index contributed by atoms with van der Waals surface area (Å²) >= 11 is 0. The van der Waals surface area contributed by atoms with Crippen molar-refractivity contribution in [2.45, 2.75) is 26.4 Å². The summed E-state index contributed by atoms with van der Waals surface area (Å²) in [5, 5.41) is 1.19. The van der Waals surface area contributed by atoms with Crippen LogP contribution in [0.25, 0.3) is 10.9 Å². The van der Waals surface area contributed by atoms with Crippen LogP contribution in [0.2, 0.25) is 0 Å². The lowest BCUT2D eigenvalue weighted by atomic mass is 10.2. The standard InChI is InChI=1S/C14H18N2O2S/c1-2-9-19(17,18)15-7-8-16-13(11-15)10-12-5-3-4-6-14(12)16/h3-6,10H,2,7-9,11H2,1H3. The van der Waals surface area contributed by atoms with Crippen LogP contribution in [0.1, 0.15) is 19.0 Å². The number of sulfonamides is 1. The van der Waals surface area contributed by atoms with Crippen LogP contribution >= 0.6 is 0 Å². The highest BCUT2D eigenvalue weighted by molar-refractivity contribution is 7.89. The number of aromatic nitrogens is 1. The lowest BCUT2D eigenvalue weighted by Gasteiger charge is -2.28. The fraction of sp³-hybridized carbons (Fsp3) is 0.429. The highest BCUT2D eigenvalue weighted by atomic mass is 32.2. The molecular formula is C14H18N2O2S. The highest BCUT2D eigenvalue weighted by Gasteiger charge is 2.26. The van der Waals surface area contributed by atoms with E-state index in [1.165, 1.54) is 10.9 Å². The van der Waals surface area contributed by atoms with Gasteiger partial charge in [0.05, 0.1) is 12.3 Å². The molecule has 102 valence electrons. The Morgan fingerprint density at radius 1 is 1.21 bits per heavy atom. The van der Waals surface area contributed by atoms with Crippen LogP contribution in [0.4, 0.5) is 0 Å². The number of benzene rings is 1. The molecule has 0 radical (unpaired) electrons. The van der Waals surface area contributed by atoms with Gasteiger partial charge in [0, 0.05) is 24.3 Å². The highest BCUT2D eigenvalue weighted by Crippen LogP contribution is 2.25. The third kappa shape index (κ3) is 2.17. The van der Waals surface area contributed by atoms with E-state index in [2.05, 4.69) is 22.8 Å². The molecule has 0 aliphatic carbocycles. The van der Waals surface area contributed by atoms with Crippen LogP contribution < -0.4 is 0 Å². The third-order valence-corrected chi connectivity index (χ3v) is 5.69. The minimum atomic E-state index is -3.09. The number of hydrogen-bond acceptors (Lipinski definition) is 2. The van der Waals surface area contributed by atoms with Gasteiger partial charge in [0.2, 0.25) is 10.0 Å². The topological polar surface area (TPSA) is 42.3 Å². The predicted octanol–water partition coefficient (Wildman–Crippen LogP) is 2.20. The summed E-state index contributed by atoms with van der Waals surface area (Å²) in [5.74, 6) is 0.243. The second-order valence-corrected chi connectivity index (χ2v) is 7.08. The average Bonchev–Trinajstić information content (AvgIpc) is 2.76. The van der Waals surface area contributed by atoms with Crippen LogP contribution in [0, 0.1) is 0 Å². The van der Waals surface area contributed by atoms with E-state index in [0.717, 1.165) is 12.2 Å². The third-order valence-electron chi connectivity index (χ3n) is 3.66. The Morgan fingerprint density at radius 3 is 2.79 bits per heavy atom. The minimum Gasteiger partial charge on any atom is -0.342 e. The maximum absolute atomic E-state index is 12.1. The molecule has 2 aromatic rings. The summed E-state index contributed by atoms with van der Waals surface area (Å²) in [5.41, 5.74) is 2.29. The maximum atomic E-state index is 12.1. The van der Waals surface area contributed by atoms with E-state index in [4.69, 9.17) is 0 Å². The quantitative estimate of drug-likeness (QED) is 0.863. The second-order valence-electron chi connectivity index (χ2n) is 5.00. The van der Waals surface area contributed by atoms with E-state index >= 15 is 0 Å². The van der Waals surface area contributed by atoms with Gasteiger partial charge < -0.3 is 4.57 Å². The molecule has 1 aliphatic rings. The molecule has 1 aliphatic heterocycles. The molecule has 0 bridgehead atoms. The Balaban J connectivity index is 1.97. The summed E-state index contributed by atoms with van der Waals surface area (Å²) in [4.78, 5) is 0. The molecule has 5 heteroatoms. The molecule has 0 N–H and O–H groups in total. The second kappa shape index (κ2) is 4.65. The first kappa shape index (κ1) is 12.7. The fourth-order valence-electron chi connectivity index (χ4n) is 2.76. The van der Waals surface area contributed by atoms with E-state index in [1.807, 2.05) is 19.1 Å². The summed E-state index contributed by atoms with van der Waals surface area (Å²) < 4.78 is 28.1. The first-order valence-corrected chi connectivity index (χ1v) is 8.28. The Bertz CT molecular complexity index is 703. The van der Waals surface area contributed by atoms with Crippen molar-refractivity contribution in [3.8, 4) is 0 Å². The largest absolute Gasteiger partial charge is 0.342 e. The smallest absolute Gasteiger partial charge is 0.214 e. The summed E-state index contributed by atoms with van der Waals surface area (Å²) in [6, 6.07) is 10.3. The lowest BCUT2D eigenvalue weighted by molar-refractivity contribution is 0.345. The van der Waals surface area contributed by atoms with Crippen LogP contribution in [0.15, 0.2) is 30.3 Å². The molecule has 0 saturated carbocycles. The molecule has 3 rings (SSSR count). The van der Waals surface area contributed by atoms with Crippen LogP contribution in [-0.2, 0) is 23.1 Å². The first-order chi connectivity index (χ1) is 9.12. The van der Waals surface area contributed by atoms with Gasteiger partial charge >= 0.3 is 0 Å². The Morgan fingerprint density at radius 2 is 2.00 bits per heavy atom. The Hall–Kier alpha value is -1.33. The van der Waals surface area contributed by atoms with Crippen molar-refractivity contribution in [2.75, 3.05) is 12.3 Å². The maximum Gasteiger partial charge on any atom is 0.214 e. The molecule has 1 aromatic carbocycles. The van der Waals surface area contributed by atoms with E-state index < -0.39 is 10.0 Å². The zero-order valence-electron chi connectivity index (χ0n) is 11.0. The molecule has 0 unspecified atom stereocenters. The Labute approximate surface area is 113 Å². The van der Waals surface area contributed by atoms with Crippen molar-refractivity contribution >= 4 is 20.9 Å². The van der Waals surface area contributed by atoms with Crippen LogP contribution in [0.5, 0.6) is 0 Å². The summed E-state index contributed by atoms with van der Waals surface area (Å²) in [6.45, 7) is 3.72. The van der Waals surface area contributed by atoms with Crippen molar-refractivity contribution < 1.29 is 8.42 Å². The zero-order valence-corrected chi connectivity index (χ0v) is 11.9. The van der Waals surface area contributed by atoms with Gasteiger partial charge in [-0.15, -0.1) is 0 Å². The van der Waals surface area contributed by atoms with Crippen molar-refractivity contribution in [3.05, 3.63) is 36.0 Å². The van der Waals surface area contributed by atoms with Crippen LogP contribution in [-0.4, -0.2) is 29.6 Å². The van der Waals surface area contributed by atoms with E-state index in [0.29, 0.717) is 19.5 Å². The van der Waals surface area contributed by atoms with Crippen LogP contribution in [0.3, 0.4) is 0 Å². The van der Waals surface area contributed by atoms with Gasteiger partial charge in [0.15, 0.2) is 0 Å². The van der Waals surface area contributed by atoms with Crippen molar-refractivity contribution in [1.29, 1.82) is 0 Å². The number of fused-ring (bicyclic) bond motifs is 3. The van der Waals surface area contributed by atoms with E-state index in [1.54, 1.807) is 4.31 Å². The number of para-hydroxylation sites is 1. The molecule has 1 aromatic heterocycles. The molecule has 0 atom stereocenters. The molecular weight excluding hydrogens is 260 g/mol. The predicted molar refractivity (Wildman–Crippen MR) is 76.4 cm³/mol. The normalized spacial score (nSPS) is 16.7. The fourth-order valence-corrected chi connectivity index (χ4v) is 4.22. The molecule has 0 spiro atoms. The van der Waals surface area contributed by atoms with Crippen molar-refractivity contribution in [2.24, 2.45) is 0 Å². The average molecular weight is 278 g/mol. The van der Waals surface area contributed by atoms with Gasteiger partial charge in [-0.1, -0.05) is 25.1 Å². The summed E-state index contributed by atoms with van der Waals surface area (Å²) in [6.07, 6.45) is 0.668. The zero-order chi connectivity index (χ0) is 13.5. The van der Waals surface area contributed by atoms with Gasteiger partial charge in [-0.3, -0.25) is 0 Å². The summed E-state index contributed by atoms with van der Waals surface area (Å²) in [7, 11) is -3.09. The molecule has 19 heavy (non-hydrogen) atoms. The monoisotopic (exact) mass is 278 g/mol. The van der Waals surface area contributed by atoms with E-state index in [9.17, 15) is 8.42 Å². The molecule has 0 amide bonds. The van der Waals surface area contributed by atoms with Crippen molar-refractivity contribution in [3.63, 3.8) is 0 Å². The van der Waals surface area contributed by atoms with Gasteiger partial charge in [0.1, 0.15) is 0 Å². The Kier molecular flexibility index (Phi) is 3.11.